The van der Waals surface area contributed by atoms with Crippen LogP contribution in [-0.2, 0) is 11.0 Å². The Bertz CT molecular complexity index is 875. The number of benzene rings is 2. The predicted molar refractivity (Wildman–Crippen MR) is 91.8 cm³/mol. The SMILES string of the molecule is CCc1ccccc1-c1cc(-c2ccccc2)sc1P(=O)([O-])[O-].[Na+].[Na+]. The van der Waals surface area contributed by atoms with Gasteiger partial charge in [-0.05, 0) is 36.8 Å². The van der Waals surface area contributed by atoms with E-state index in [0.29, 0.717) is 5.56 Å². The molecule has 3 nitrogen and oxygen atoms in total. The largest absolute Gasteiger partial charge is 1.00 e. The first-order valence-electron chi connectivity index (χ1n) is 7.31. The Hall–Kier alpha value is 0.290. The molecule has 1 aromatic heterocycles. The molecule has 0 bridgehead atoms. The topological polar surface area (TPSA) is 63.2 Å². The standard InChI is InChI=1S/C18H17O3PS.2Na/c1-2-13-8-6-7-11-15(13)16-12-17(14-9-4-3-5-10-14)23-18(16)22(19,20)21;;/h3-12H,2H2,1H3,(H2,19,20,21);;/q;2*+1/p-2. The van der Waals surface area contributed by atoms with Crippen molar-refractivity contribution in [2.24, 2.45) is 0 Å². The number of aryl methyl sites for hydroxylation is 1. The number of hydrogen-bond acceptors (Lipinski definition) is 4. The van der Waals surface area contributed by atoms with Crippen LogP contribution in [0.25, 0.3) is 21.6 Å². The minimum atomic E-state index is -4.83. The molecule has 0 unspecified atom stereocenters. The summed E-state index contributed by atoms with van der Waals surface area (Å²) in [5, 5.41) is 0. The first kappa shape index (κ1) is 23.3. The first-order valence-corrected chi connectivity index (χ1v) is 9.66. The van der Waals surface area contributed by atoms with Gasteiger partial charge in [-0.1, -0.05) is 61.5 Å². The summed E-state index contributed by atoms with van der Waals surface area (Å²) in [5.41, 5.74) is 3.27. The van der Waals surface area contributed by atoms with Crippen molar-refractivity contribution in [1.29, 1.82) is 0 Å². The first-order chi connectivity index (χ1) is 11.0. The fourth-order valence-corrected chi connectivity index (χ4v) is 4.75. The van der Waals surface area contributed by atoms with Crippen LogP contribution in [0.3, 0.4) is 0 Å². The zero-order valence-corrected chi connectivity index (χ0v) is 20.3. The van der Waals surface area contributed by atoms with E-state index in [9.17, 15) is 14.4 Å². The van der Waals surface area contributed by atoms with E-state index in [1.54, 1.807) is 0 Å². The van der Waals surface area contributed by atoms with Gasteiger partial charge in [0.2, 0.25) is 0 Å². The van der Waals surface area contributed by atoms with E-state index in [4.69, 9.17) is 0 Å². The van der Waals surface area contributed by atoms with Gasteiger partial charge in [0.15, 0.2) is 0 Å². The van der Waals surface area contributed by atoms with Crippen LogP contribution in [0.2, 0.25) is 0 Å². The summed E-state index contributed by atoms with van der Waals surface area (Å²) >= 11 is 1.05. The molecule has 25 heavy (non-hydrogen) atoms. The monoisotopic (exact) mass is 388 g/mol. The fraction of sp³-hybridized carbons (Fsp3) is 0.111. The zero-order chi connectivity index (χ0) is 16.4. The van der Waals surface area contributed by atoms with E-state index in [1.807, 2.05) is 67.6 Å². The third-order valence-corrected chi connectivity index (χ3v) is 6.38. The third-order valence-electron chi connectivity index (χ3n) is 3.71. The molecule has 0 aliphatic rings. The summed E-state index contributed by atoms with van der Waals surface area (Å²) in [6.45, 7) is 2.01. The van der Waals surface area contributed by atoms with E-state index >= 15 is 0 Å². The van der Waals surface area contributed by atoms with Crippen molar-refractivity contribution in [1.82, 2.24) is 0 Å². The minimum absolute atomic E-state index is 0. The molecule has 0 radical (unpaired) electrons. The third kappa shape index (κ3) is 5.40. The molecular formula is C18H15Na2O3PS. The Morgan fingerprint density at radius 3 is 2.12 bits per heavy atom. The van der Waals surface area contributed by atoms with E-state index in [2.05, 4.69) is 0 Å². The van der Waals surface area contributed by atoms with Gasteiger partial charge in [-0.25, -0.2) is 0 Å². The van der Waals surface area contributed by atoms with Gasteiger partial charge >= 0.3 is 59.1 Å². The maximum atomic E-state index is 11.8. The van der Waals surface area contributed by atoms with Crippen molar-refractivity contribution in [3.05, 3.63) is 66.2 Å². The van der Waals surface area contributed by atoms with Crippen molar-refractivity contribution >= 4 is 23.6 Å². The quantitative estimate of drug-likeness (QED) is 0.358. The number of rotatable bonds is 4. The van der Waals surface area contributed by atoms with Crippen LogP contribution in [0.5, 0.6) is 0 Å². The molecule has 1 heterocycles. The minimum Gasteiger partial charge on any atom is -0.807 e. The fourth-order valence-electron chi connectivity index (χ4n) is 2.61. The van der Waals surface area contributed by atoms with Crippen LogP contribution in [-0.4, -0.2) is 0 Å². The van der Waals surface area contributed by atoms with Crippen LogP contribution >= 0.6 is 18.9 Å². The van der Waals surface area contributed by atoms with E-state index in [1.165, 1.54) is 0 Å². The Morgan fingerprint density at radius 1 is 0.920 bits per heavy atom. The Kier molecular flexibility index (Phi) is 9.34. The Labute approximate surface area is 196 Å². The molecule has 3 aromatic rings. The molecule has 3 rings (SSSR count). The van der Waals surface area contributed by atoms with E-state index in [0.717, 1.165) is 39.3 Å². The molecule has 0 amide bonds. The van der Waals surface area contributed by atoms with Crippen molar-refractivity contribution in [2.75, 3.05) is 0 Å². The second-order valence-electron chi connectivity index (χ2n) is 5.20. The molecule has 0 saturated carbocycles. The zero-order valence-electron chi connectivity index (χ0n) is 14.6. The van der Waals surface area contributed by atoms with Gasteiger partial charge < -0.3 is 14.4 Å². The Balaban J connectivity index is 0.00000156. The van der Waals surface area contributed by atoms with Crippen LogP contribution in [0.15, 0.2) is 60.7 Å². The molecule has 0 saturated heterocycles. The summed E-state index contributed by atoms with van der Waals surface area (Å²) in [5.74, 6) is 0. The van der Waals surface area contributed by atoms with Gasteiger partial charge in [0, 0.05) is 15.1 Å². The molecule has 0 spiro atoms. The molecule has 0 aliphatic carbocycles. The van der Waals surface area contributed by atoms with E-state index < -0.39 is 7.60 Å². The Morgan fingerprint density at radius 2 is 1.52 bits per heavy atom. The maximum Gasteiger partial charge on any atom is 1.00 e. The summed E-state index contributed by atoms with van der Waals surface area (Å²) in [4.78, 5) is 24.3. The van der Waals surface area contributed by atoms with Crippen molar-refractivity contribution in [3.63, 3.8) is 0 Å². The molecule has 7 heteroatoms. The smallest absolute Gasteiger partial charge is 0.807 e. The van der Waals surface area contributed by atoms with Gasteiger partial charge in [0.1, 0.15) is 0 Å². The van der Waals surface area contributed by atoms with Crippen LogP contribution in [0.1, 0.15) is 12.5 Å². The maximum absolute atomic E-state index is 11.8. The average Bonchev–Trinajstić information content (AvgIpc) is 3.01. The summed E-state index contributed by atoms with van der Waals surface area (Å²) in [6.07, 6.45) is 0.772. The van der Waals surface area contributed by atoms with Crippen LogP contribution in [0.4, 0.5) is 0 Å². The molecular weight excluding hydrogens is 373 g/mol. The van der Waals surface area contributed by atoms with Gasteiger partial charge in [-0.15, -0.1) is 11.3 Å². The summed E-state index contributed by atoms with van der Waals surface area (Å²) < 4.78 is 11.7. The van der Waals surface area contributed by atoms with Crippen LogP contribution in [0, 0.1) is 0 Å². The molecule has 0 N–H and O–H groups in total. The van der Waals surface area contributed by atoms with Crippen LogP contribution < -0.4 is 73.5 Å². The van der Waals surface area contributed by atoms with Gasteiger partial charge in [0.25, 0.3) is 0 Å². The second kappa shape index (κ2) is 10.0. The van der Waals surface area contributed by atoms with Crippen molar-refractivity contribution in [3.8, 4) is 21.6 Å². The number of thiophene rings is 1. The molecule has 0 atom stereocenters. The van der Waals surface area contributed by atoms with Crippen molar-refractivity contribution < 1.29 is 73.5 Å². The summed E-state index contributed by atoms with van der Waals surface area (Å²) in [7, 11) is -4.83. The average molecular weight is 388 g/mol. The van der Waals surface area contributed by atoms with Gasteiger partial charge in [-0.3, -0.25) is 0 Å². The molecule has 0 aliphatic heterocycles. The van der Waals surface area contributed by atoms with Crippen molar-refractivity contribution in [2.45, 2.75) is 13.3 Å². The van der Waals surface area contributed by atoms with E-state index in [-0.39, 0.29) is 63.7 Å². The van der Waals surface area contributed by atoms with Gasteiger partial charge in [0.05, 0.1) is 0 Å². The normalized spacial score (nSPS) is 10.7. The second-order valence-corrected chi connectivity index (χ2v) is 8.00. The molecule has 118 valence electrons. The summed E-state index contributed by atoms with van der Waals surface area (Å²) in [6, 6.07) is 18.9. The van der Waals surface area contributed by atoms with Gasteiger partial charge in [-0.2, -0.15) is 0 Å². The molecule has 0 fully saturated rings. The molecule has 2 aromatic carbocycles. The number of hydrogen-bond donors (Lipinski definition) is 0. The predicted octanol–water partition coefficient (Wildman–Crippen LogP) is -2.81.